The van der Waals surface area contributed by atoms with Gasteiger partial charge in [-0.1, -0.05) is 30.7 Å². The fourth-order valence-corrected chi connectivity index (χ4v) is 3.68. The van der Waals surface area contributed by atoms with Crippen LogP contribution in [0.4, 0.5) is 11.4 Å². The zero-order valence-electron chi connectivity index (χ0n) is 17.0. The molecule has 0 radical (unpaired) electrons. The Bertz CT molecular complexity index is 878. The number of benzene rings is 2. The molecule has 154 valence electrons. The first kappa shape index (κ1) is 21.2. The van der Waals surface area contributed by atoms with Crippen LogP contribution in [0.3, 0.4) is 0 Å². The summed E-state index contributed by atoms with van der Waals surface area (Å²) < 4.78 is 0. The highest BCUT2D eigenvalue weighted by Crippen LogP contribution is 2.28. The van der Waals surface area contributed by atoms with Crippen molar-refractivity contribution in [3.63, 3.8) is 0 Å². The first-order chi connectivity index (χ1) is 14.0. The fraction of sp³-hybridized carbons (Fsp3) is 0.391. The van der Waals surface area contributed by atoms with Gasteiger partial charge in [0.25, 0.3) is 11.8 Å². The Morgan fingerprint density at radius 2 is 1.76 bits per heavy atom. The minimum atomic E-state index is -0.297. The van der Waals surface area contributed by atoms with Gasteiger partial charge in [0.05, 0.1) is 16.1 Å². The van der Waals surface area contributed by atoms with Gasteiger partial charge in [0.2, 0.25) is 0 Å². The molecular weight excluding hydrogens is 386 g/mol. The second kappa shape index (κ2) is 9.79. The molecule has 0 saturated carbocycles. The topological polar surface area (TPSA) is 61.4 Å². The third kappa shape index (κ3) is 5.30. The van der Waals surface area contributed by atoms with Crippen LogP contribution in [0.1, 0.15) is 60.2 Å². The van der Waals surface area contributed by atoms with Crippen molar-refractivity contribution in [2.75, 3.05) is 23.3 Å². The number of nitrogens with zero attached hydrogens (tertiary/aromatic N) is 1. The summed E-state index contributed by atoms with van der Waals surface area (Å²) in [6.07, 6.45) is 4.32. The van der Waals surface area contributed by atoms with Gasteiger partial charge in [0.15, 0.2) is 0 Å². The van der Waals surface area contributed by atoms with Crippen LogP contribution < -0.4 is 15.5 Å². The number of carbonyl (C=O) groups excluding carboxylic acids is 2. The van der Waals surface area contributed by atoms with Gasteiger partial charge in [0, 0.05) is 30.5 Å². The molecule has 1 saturated heterocycles. The summed E-state index contributed by atoms with van der Waals surface area (Å²) in [4.78, 5) is 27.8. The molecule has 6 heteroatoms. The van der Waals surface area contributed by atoms with Crippen LogP contribution in [0.15, 0.2) is 42.5 Å². The van der Waals surface area contributed by atoms with E-state index in [-0.39, 0.29) is 17.9 Å². The highest BCUT2D eigenvalue weighted by Gasteiger charge is 2.21. The molecule has 1 fully saturated rings. The van der Waals surface area contributed by atoms with Crippen LogP contribution in [-0.2, 0) is 0 Å². The van der Waals surface area contributed by atoms with Crippen molar-refractivity contribution in [1.29, 1.82) is 0 Å². The molecule has 1 aliphatic rings. The molecule has 5 nitrogen and oxygen atoms in total. The lowest BCUT2D eigenvalue weighted by molar-refractivity contribution is 0.0938. The Hall–Kier alpha value is -2.53. The molecular formula is C23H28ClN3O2. The summed E-state index contributed by atoms with van der Waals surface area (Å²) in [5.74, 6) is -0.414. The lowest BCUT2D eigenvalue weighted by atomic mass is 10.0. The second-order valence-corrected chi connectivity index (χ2v) is 7.90. The summed E-state index contributed by atoms with van der Waals surface area (Å²) in [5.41, 5.74) is 2.48. The first-order valence-corrected chi connectivity index (χ1v) is 10.6. The number of hydrogen-bond acceptors (Lipinski definition) is 3. The maximum absolute atomic E-state index is 13.0. The van der Waals surface area contributed by atoms with Crippen molar-refractivity contribution in [3.8, 4) is 0 Å². The van der Waals surface area contributed by atoms with Crippen LogP contribution in [0, 0.1) is 0 Å². The van der Waals surface area contributed by atoms with Crippen LogP contribution in [-0.4, -0.2) is 30.9 Å². The van der Waals surface area contributed by atoms with Gasteiger partial charge in [-0.25, -0.2) is 0 Å². The number of halogens is 1. The van der Waals surface area contributed by atoms with Crippen molar-refractivity contribution in [2.24, 2.45) is 0 Å². The molecule has 1 unspecified atom stereocenters. The minimum absolute atomic E-state index is 0.0816. The van der Waals surface area contributed by atoms with E-state index in [9.17, 15) is 9.59 Å². The number of nitrogens with one attached hydrogen (secondary N) is 2. The minimum Gasteiger partial charge on any atom is -0.371 e. The molecule has 2 N–H and O–H groups in total. The van der Waals surface area contributed by atoms with Crippen molar-refractivity contribution in [1.82, 2.24) is 5.32 Å². The van der Waals surface area contributed by atoms with E-state index in [0.29, 0.717) is 21.8 Å². The van der Waals surface area contributed by atoms with Gasteiger partial charge in [-0.15, -0.1) is 0 Å². The van der Waals surface area contributed by atoms with E-state index in [2.05, 4.69) is 15.5 Å². The van der Waals surface area contributed by atoms with Crippen LogP contribution in [0.25, 0.3) is 0 Å². The lowest BCUT2D eigenvalue weighted by Crippen LogP contribution is -2.35. The van der Waals surface area contributed by atoms with Crippen molar-refractivity contribution >= 4 is 34.8 Å². The number of rotatable bonds is 6. The van der Waals surface area contributed by atoms with Gasteiger partial charge in [0.1, 0.15) is 0 Å². The maximum Gasteiger partial charge on any atom is 0.257 e. The van der Waals surface area contributed by atoms with Crippen molar-refractivity contribution < 1.29 is 9.59 Å². The normalized spacial score (nSPS) is 14.9. The average molecular weight is 414 g/mol. The van der Waals surface area contributed by atoms with Crippen LogP contribution >= 0.6 is 11.6 Å². The molecule has 2 aromatic carbocycles. The van der Waals surface area contributed by atoms with E-state index in [1.807, 2.05) is 26.0 Å². The van der Waals surface area contributed by atoms with Gasteiger partial charge < -0.3 is 15.5 Å². The number of anilines is 2. The van der Waals surface area contributed by atoms with E-state index < -0.39 is 0 Å². The summed E-state index contributed by atoms with van der Waals surface area (Å²) in [7, 11) is 0. The van der Waals surface area contributed by atoms with Gasteiger partial charge in [-0.2, -0.15) is 0 Å². The lowest BCUT2D eigenvalue weighted by Gasteiger charge is -2.31. The Morgan fingerprint density at radius 1 is 1.03 bits per heavy atom. The molecule has 0 aliphatic carbocycles. The summed E-state index contributed by atoms with van der Waals surface area (Å²) in [5, 5.41) is 6.31. The Morgan fingerprint density at radius 3 is 2.45 bits per heavy atom. The molecule has 0 bridgehead atoms. The van der Waals surface area contributed by atoms with E-state index >= 15 is 0 Å². The van der Waals surface area contributed by atoms with Crippen LogP contribution in [0.2, 0.25) is 5.02 Å². The first-order valence-electron chi connectivity index (χ1n) is 10.3. The van der Waals surface area contributed by atoms with Crippen LogP contribution in [0.5, 0.6) is 0 Å². The zero-order chi connectivity index (χ0) is 20.8. The number of hydrogen-bond donors (Lipinski definition) is 2. The molecule has 1 atom stereocenters. The number of amides is 2. The average Bonchev–Trinajstić information content (AvgIpc) is 2.74. The quantitative estimate of drug-likeness (QED) is 0.691. The highest BCUT2D eigenvalue weighted by molar-refractivity contribution is 6.34. The van der Waals surface area contributed by atoms with Crippen molar-refractivity contribution in [3.05, 3.63) is 58.6 Å². The predicted octanol–water partition coefficient (Wildman–Crippen LogP) is 5.11. The smallest absolute Gasteiger partial charge is 0.257 e. The molecule has 0 spiro atoms. The fourth-order valence-electron chi connectivity index (χ4n) is 3.45. The second-order valence-electron chi connectivity index (χ2n) is 7.50. The molecule has 3 rings (SSSR count). The molecule has 1 aliphatic heterocycles. The van der Waals surface area contributed by atoms with E-state index in [4.69, 9.17) is 11.6 Å². The zero-order valence-corrected chi connectivity index (χ0v) is 17.8. The Labute approximate surface area is 177 Å². The van der Waals surface area contributed by atoms with Gasteiger partial charge in [-0.3, -0.25) is 9.59 Å². The summed E-state index contributed by atoms with van der Waals surface area (Å²) >= 11 is 6.14. The van der Waals surface area contributed by atoms with E-state index in [1.165, 1.54) is 6.42 Å². The highest BCUT2D eigenvalue weighted by atomic mass is 35.5. The Kier molecular flexibility index (Phi) is 7.15. The van der Waals surface area contributed by atoms with E-state index in [1.54, 1.807) is 30.3 Å². The summed E-state index contributed by atoms with van der Waals surface area (Å²) in [6.45, 7) is 5.90. The molecule has 29 heavy (non-hydrogen) atoms. The third-order valence-corrected chi connectivity index (χ3v) is 5.63. The maximum atomic E-state index is 13.0. The predicted molar refractivity (Wildman–Crippen MR) is 119 cm³/mol. The molecule has 0 aromatic heterocycles. The largest absolute Gasteiger partial charge is 0.371 e. The number of carbonyl (C=O) groups is 2. The summed E-state index contributed by atoms with van der Waals surface area (Å²) in [6, 6.07) is 12.5. The molecule has 1 heterocycles. The molecule has 2 aromatic rings. The third-order valence-electron chi connectivity index (χ3n) is 5.30. The van der Waals surface area contributed by atoms with E-state index in [0.717, 1.165) is 38.0 Å². The standard InChI is InChI=1S/C23H28ClN3O2/c1-3-16(2)25-23(29)19-15-17(11-12-21(19)27-13-7-4-8-14-27)26-22(28)18-9-5-6-10-20(18)24/h5-6,9-12,15-16H,3-4,7-8,13-14H2,1-2H3,(H,25,29)(H,26,28). The SMILES string of the molecule is CCC(C)NC(=O)c1cc(NC(=O)c2ccccc2Cl)ccc1N1CCCCC1. The number of piperidine rings is 1. The molecule has 2 amide bonds. The van der Waals surface area contributed by atoms with Gasteiger partial charge in [-0.05, 0) is 62.9 Å². The Balaban J connectivity index is 1.88. The van der Waals surface area contributed by atoms with Crippen molar-refractivity contribution in [2.45, 2.75) is 45.6 Å². The van der Waals surface area contributed by atoms with Gasteiger partial charge >= 0.3 is 0 Å². The monoisotopic (exact) mass is 413 g/mol.